The van der Waals surface area contributed by atoms with Crippen LogP contribution in [0.2, 0.25) is 5.02 Å². The van der Waals surface area contributed by atoms with Crippen LogP contribution < -0.4 is 14.9 Å². The van der Waals surface area contributed by atoms with Gasteiger partial charge in [0.15, 0.2) is 6.61 Å². The lowest BCUT2D eigenvalue weighted by atomic mass is 10.2. The molecular weight excluding hydrogens is 381 g/mol. The normalized spacial score (nSPS) is 11.4. The van der Waals surface area contributed by atoms with Gasteiger partial charge in [0.25, 0.3) is 0 Å². The second-order valence-electron chi connectivity index (χ2n) is 5.14. The molecule has 2 rings (SSSR count). The number of carbonyl (C=O) groups is 1. The minimum Gasteiger partial charge on any atom is -0.482 e. The Kier molecular flexibility index (Phi) is 6.12. The molecule has 0 radical (unpaired) electrons. The number of carbonyl (C=O) groups excluding carboxylic acids is 1. The maximum absolute atomic E-state index is 12.3. The highest BCUT2D eigenvalue weighted by atomic mass is 35.5. The van der Waals surface area contributed by atoms with Gasteiger partial charge in [0.1, 0.15) is 5.75 Å². The molecule has 5 nitrogen and oxygen atoms in total. The van der Waals surface area contributed by atoms with Crippen LogP contribution in [0.5, 0.6) is 5.75 Å². The Bertz CT molecular complexity index is 817. The van der Waals surface area contributed by atoms with E-state index in [1.54, 1.807) is 12.3 Å². The molecule has 0 saturated heterocycles. The second kappa shape index (κ2) is 7.92. The molecule has 25 heavy (non-hydrogen) atoms. The maximum Gasteiger partial charge on any atom is 0.422 e. The maximum atomic E-state index is 12.3. The number of thiazole rings is 1. The molecule has 0 atom stereocenters. The van der Waals surface area contributed by atoms with Gasteiger partial charge < -0.3 is 14.6 Å². The Labute approximate surface area is 150 Å². The van der Waals surface area contributed by atoms with Crippen molar-refractivity contribution in [2.75, 3.05) is 11.9 Å². The zero-order valence-corrected chi connectivity index (χ0v) is 14.6. The first-order chi connectivity index (χ1) is 11.7. The summed E-state index contributed by atoms with van der Waals surface area (Å²) < 4.78 is 43.0. The van der Waals surface area contributed by atoms with E-state index in [1.807, 2.05) is 0 Å². The molecule has 0 aliphatic rings. The van der Waals surface area contributed by atoms with E-state index in [4.69, 9.17) is 16.3 Å². The number of benzene rings is 1. The third-order valence-electron chi connectivity index (χ3n) is 3.15. The highest BCUT2D eigenvalue weighted by molar-refractivity contribution is 7.07. The monoisotopic (exact) mass is 394 g/mol. The van der Waals surface area contributed by atoms with Crippen LogP contribution >= 0.6 is 22.9 Å². The second-order valence-corrected chi connectivity index (χ2v) is 6.39. The topological polar surface area (TPSA) is 60.3 Å². The number of hydrogen-bond acceptors (Lipinski definition) is 4. The van der Waals surface area contributed by atoms with Gasteiger partial charge in [-0.2, -0.15) is 13.2 Å². The molecule has 0 bridgehead atoms. The molecule has 136 valence electrons. The van der Waals surface area contributed by atoms with E-state index in [-0.39, 0.29) is 34.3 Å². The van der Waals surface area contributed by atoms with Crippen molar-refractivity contribution in [2.45, 2.75) is 26.1 Å². The first kappa shape index (κ1) is 19.3. The summed E-state index contributed by atoms with van der Waals surface area (Å²) in [5.41, 5.74) is 0.774. The van der Waals surface area contributed by atoms with Crippen molar-refractivity contribution in [3.05, 3.63) is 44.0 Å². The largest absolute Gasteiger partial charge is 0.482 e. The van der Waals surface area contributed by atoms with Crippen molar-refractivity contribution in [3.8, 4) is 5.75 Å². The van der Waals surface area contributed by atoms with E-state index in [0.717, 1.165) is 17.0 Å². The summed E-state index contributed by atoms with van der Waals surface area (Å²) in [5.74, 6) is -0.615. The van der Waals surface area contributed by atoms with Crippen LogP contribution in [0.1, 0.15) is 12.1 Å². The Balaban J connectivity index is 2.04. The number of ether oxygens (including phenoxy) is 1. The zero-order valence-electron chi connectivity index (χ0n) is 13.0. The highest BCUT2D eigenvalue weighted by Crippen LogP contribution is 2.29. The summed E-state index contributed by atoms with van der Waals surface area (Å²) in [7, 11) is 0. The number of alkyl halides is 3. The van der Waals surface area contributed by atoms with Crippen molar-refractivity contribution in [2.24, 2.45) is 0 Å². The number of rotatable bonds is 6. The van der Waals surface area contributed by atoms with E-state index in [9.17, 15) is 22.8 Å². The lowest BCUT2D eigenvalue weighted by Gasteiger charge is -2.14. The van der Waals surface area contributed by atoms with Gasteiger partial charge in [-0.1, -0.05) is 22.9 Å². The Hall–Kier alpha value is -2.00. The summed E-state index contributed by atoms with van der Waals surface area (Å²) >= 11 is 6.85. The minimum atomic E-state index is -4.50. The molecular formula is C15H14ClF3N2O3S. The van der Waals surface area contributed by atoms with Crippen molar-refractivity contribution < 1.29 is 22.7 Å². The van der Waals surface area contributed by atoms with Crippen LogP contribution in [-0.4, -0.2) is 23.3 Å². The number of aryl methyl sites for hydroxylation is 1. The third-order valence-corrected chi connectivity index (χ3v) is 4.26. The lowest BCUT2D eigenvalue weighted by Crippen LogP contribution is -2.22. The summed E-state index contributed by atoms with van der Waals surface area (Å²) in [5, 5.41) is 4.38. The number of nitrogens with one attached hydrogen (secondary N) is 1. The van der Waals surface area contributed by atoms with Crippen LogP contribution in [-0.2, 0) is 11.3 Å². The molecule has 1 amide bonds. The summed E-state index contributed by atoms with van der Waals surface area (Å²) in [6.45, 7) is 0.427. The average Bonchev–Trinajstić information content (AvgIpc) is 2.82. The first-order valence-corrected chi connectivity index (χ1v) is 8.35. The third kappa shape index (κ3) is 5.79. The fourth-order valence-corrected chi connectivity index (χ4v) is 2.92. The lowest BCUT2D eigenvalue weighted by molar-refractivity contribution is -0.153. The Morgan fingerprint density at radius 3 is 2.72 bits per heavy atom. The predicted octanol–water partition coefficient (Wildman–Crippen LogP) is 3.84. The molecule has 0 unspecified atom stereocenters. The Morgan fingerprint density at radius 2 is 2.12 bits per heavy atom. The van der Waals surface area contributed by atoms with E-state index in [1.165, 1.54) is 22.8 Å². The van der Waals surface area contributed by atoms with Crippen LogP contribution in [0, 0.1) is 6.92 Å². The fourth-order valence-electron chi connectivity index (χ4n) is 1.99. The van der Waals surface area contributed by atoms with Gasteiger partial charge in [-0.3, -0.25) is 9.59 Å². The van der Waals surface area contributed by atoms with E-state index >= 15 is 0 Å². The Morgan fingerprint density at radius 1 is 1.40 bits per heavy atom. The molecule has 1 aromatic heterocycles. The zero-order chi connectivity index (χ0) is 18.6. The van der Waals surface area contributed by atoms with Gasteiger partial charge >= 0.3 is 11.0 Å². The molecule has 0 aliphatic carbocycles. The number of aromatic nitrogens is 1. The van der Waals surface area contributed by atoms with Crippen LogP contribution in [0.25, 0.3) is 0 Å². The van der Waals surface area contributed by atoms with Gasteiger partial charge in [-0.05, 0) is 25.1 Å². The molecule has 1 heterocycles. The molecule has 1 aromatic carbocycles. The predicted molar refractivity (Wildman–Crippen MR) is 89.6 cm³/mol. The number of amides is 1. The van der Waals surface area contributed by atoms with Crippen LogP contribution in [0.15, 0.2) is 28.4 Å². The summed E-state index contributed by atoms with van der Waals surface area (Å²) in [6, 6.07) is 3.90. The molecule has 2 aromatic rings. The fraction of sp³-hybridized carbons (Fsp3) is 0.333. The molecule has 0 saturated carbocycles. The highest BCUT2D eigenvalue weighted by Gasteiger charge is 2.29. The SMILES string of the molecule is Cc1csc(=O)n1CCC(=O)Nc1cc(Cl)ccc1OCC(F)(F)F. The van der Waals surface area contributed by atoms with Gasteiger partial charge in [0.2, 0.25) is 5.91 Å². The summed E-state index contributed by atoms with van der Waals surface area (Å²) in [4.78, 5) is 23.5. The molecule has 0 aliphatic heterocycles. The van der Waals surface area contributed by atoms with Gasteiger partial charge in [0, 0.05) is 29.1 Å². The van der Waals surface area contributed by atoms with Crippen molar-refractivity contribution in [3.63, 3.8) is 0 Å². The van der Waals surface area contributed by atoms with Crippen molar-refractivity contribution in [1.29, 1.82) is 0 Å². The van der Waals surface area contributed by atoms with E-state index < -0.39 is 18.7 Å². The number of anilines is 1. The summed E-state index contributed by atoms with van der Waals surface area (Å²) in [6.07, 6.45) is -4.53. The number of hydrogen-bond donors (Lipinski definition) is 1. The van der Waals surface area contributed by atoms with E-state index in [2.05, 4.69) is 5.32 Å². The quantitative estimate of drug-likeness (QED) is 0.809. The van der Waals surface area contributed by atoms with Gasteiger partial charge in [-0.25, -0.2) is 0 Å². The molecule has 0 fully saturated rings. The van der Waals surface area contributed by atoms with Crippen LogP contribution in [0.4, 0.5) is 18.9 Å². The number of halogens is 4. The molecule has 10 heteroatoms. The van der Waals surface area contributed by atoms with Gasteiger partial charge in [-0.15, -0.1) is 0 Å². The first-order valence-electron chi connectivity index (χ1n) is 7.09. The van der Waals surface area contributed by atoms with E-state index in [0.29, 0.717) is 0 Å². The average molecular weight is 395 g/mol. The van der Waals surface area contributed by atoms with Gasteiger partial charge in [0.05, 0.1) is 5.69 Å². The standard InChI is InChI=1S/C15H14ClF3N2O3S/c1-9-7-25-14(23)21(9)5-4-13(22)20-11-6-10(16)2-3-12(11)24-8-15(17,18)19/h2-3,6-7H,4-5,8H2,1H3,(H,20,22). The number of nitrogens with zero attached hydrogens (tertiary/aromatic N) is 1. The molecule has 1 N–H and O–H groups in total. The van der Waals surface area contributed by atoms with Crippen LogP contribution in [0.3, 0.4) is 0 Å². The van der Waals surface area contributed by atoms with Crippen molar-refractivity contribution >= 4 is 34.5 Å². The smallest absolute Gasteiger partial charge is 0.422 e. The minimum absolute atomic E-state index is 0.0251. The molecule has 0 spiro atoms. The van der Waals surface area contributed by atoms with Crippen molar-refractivity contribution in [1.82, 2.24) is 4.57 Å².